The zero-order valence-corrected chi connectivity index (χ0v) is 18.5. The maximum Gasteiger partial charge on any atom is 0.305 e. The Balaban J connectivity index is 1.61. The van der Waals surface area contributed by atoms with Gasteiger partial charge in [0.15, 0.2) is 5.78 Å². The number of hydrogen-bond donors (Lipinski definition) is 0. The van der Waals surface area contributed by atoms with Crippen LogP contribution in [0.1, 0.15) is 78.6 Å². The van der Waals surface area contributed by atoms with E-state index in [4.69, 9.17) is 4.74 Å². The third-order valence-corrected chi connectivity index (χ3v) is 9.53. The van der Waals surface area contributed by atoms with Gasteiger partial charge in [0.05, 0.1) is 7.11 Å². The van der Waals surface area contributed by atoms with Crippen molar-refractivity contribution < 1.29 is 19.1 Å². The minimum Gasteiger partial charge on any atom is -0.469 e. The second-order valence-electron chi connectivity index (χ2n) is 10.7. The van der Waals surface area contributed by atoms with Crippen molar-refractivity contribution in [3.05, 3.63) is 11.6 Å². The molecule has 4 aliphatic carbocycles. The van der Waals surface area contributed by atoms with Crippen molar-refractivity contribution in [3.63, 3.8) is 0 Å². The zero-order chi connectivity index (χ0) is 21.0. The van der Waals surface area contributed by atoms with Gasteiger partial charge < -0.3 is 4.74 Å². The third-order valence-electron chi connectivity index (χ3n) is 9.53. The highest BCUT2D eigenvalue weighted by Crippen LogP contribution is 2.65. The van der Waals surface area contributed by atoms with Gasteiger partial charge in [-0.25, -0.2) is 0 Å². The minimum atomic E-state index is -0.308. The number of hydrogen-bond acceptors (Lipinski definition) is 4. The Labute approximate surface area is 174 Å². The van der Waals surface area contributed by atoms with Crippen molar-refractivity contribution in [2.75, 3.05) is 7.11 Å². The van der Waals surface area contributed by atoms with Crippen molar-refractivity contribution >= 4 is 17.5 Å². The molecule has 0 bridgehead atoms. The van der Waals surface area contributed by atoms with Crippen LogP contribution in [-0.4, -0.2) is 24.6 Å². The maximum atomic E-state index is 13.6. The summed E-state index contributed by atoms with van der Waals surface area (Å²) in [6.07, 6.45) is 9.94. The first-order valence-corrected chi connectivity index (χ1v) is 11.6. The summed E-state index contributed by atoms with van der Waals surface area (Å²) < 4.78 is 4.82. The first kappa shape index (κ1) is 20.8. The fourth-order valence-corrected chi connectivity index (χ4v) is 7.70. The van der Waals surface area contributed by atoms with Crippen LogP contribution >= 0.6 is 0 Å². The summed E-state index contributed by atoms with van der Waals surface area (Å²) in [6, 6.07) is 0. The van der Waals surface area contributed by atoms with Crippen LogP contribution < -0.4 is 0 Å². The van der Waals surface area contributed by atoms with Gasteiger partial charge in [0, 0.05) is 24.7 Å². The predicted molar refractivity (Wildman–Crippen MR) is 111 cm³/mol. The number of ether oxygens (including phenoxy) is 1. The summed E-state index contributed by atoms with van der Waals surface area (Å²) in [7, 11) is 1.44. The van der Waals surface area contributed by atoms with E-state index in [2.05, 4.69) is 20.8 Å². The molecule has 4 heteroatoms. The summed E-state index contributed by atoms with van der Waals surface area (Å²) in [5, 5.41) is 0. The molecule has 4 rings (SSSR count). The lowest BCUT2D eigenvalue weighted by Gasteiger charge is -2.55. The number of carbonyl (C=O) groups excluding carboxylic acids is 3. The van der Waals surface area contributed by atoms with Crippen molar-refractivity contribution in [1.29, 1.82) is 0 Å². The molecule has 1 unspecified atom stereocenters. The molecule has 160 valence electrons. The monoisotopic (exact) mass is 400 g/mol. The average molecular weight is 401 g/mol. The van der Waals surface area contributed by atoms with Gasteiger partial charge in [0.2, 0.25) is 0 Å². The van der Waals surface area contributed by atoms with Crippen molar-refractivity contribution in [3.8, 4) is 0 Å². The summed E-state index contributed by atoms with van der Waals surface area (Å²) >= 11 is 0. The van der Waals surface area contributed by atoms with E-state index in [1.54, 1.807) is 0 Å². The van der Waals surface area contributed by atoms with Gasteiger partial charge in [0.1, 0.15) is 5.78 Å². The van der Waals surface area contributed by atoms with Gasteiger partial charge >= 0.3 is 5.97 Å². The molecular formula is C25H36O4. The van der Waals surface area contributed by atoms with E-state index < -0.39 is 0 Å². The summed E-state index contributed by atoms with van der Waals surface area (Å²) in [6.45, 7) is 6.74. The second kappa shape index (κ2) is 7.35. The maximum absolute atomic E-state index is 13.6. The molecule has 0 aliphatic heterocycles. The first-order chi connectivity index (χ1) is 13.7. The van der Waals surface area contributed by atoms with Crippen molar-refractivity contribution in [2.24, 2.45) is 40.4 Å². The second-order valence-corrected chi connectivity index (χ2v) is 10.7. The minimum absolute atomic E-state index is 0.0302. The molecule has 0 heterocycles. The Bertz CT molecular complexity index is 752. The number of allylic oxidation sites excluding steroid dienone is 2. The molecule has 0 N–H and O–H groups in total. The fraction of sp³-hybridized carbons (Fsp3) is 0.800. The predicted octanol–water partition coefficient (Wildman–Crippen LogP) is 4.90. The number of Topliss-reactive ketones (excluding diaryl/α,β-unsaturated/α-hetero) is 1. The Kier molecular flexibility index (Phi) is 5.28. The van der Waals surface area contributed by atoms with E-state index >= 15 is 0 Å². The van der Waals surface area contributed by atoms with Gasteiger partial charge in [-0.2, -0.15) is 0 Å². The van der Waals surface area contributed by atoms with Crippen molar-refractivity contribution in [1.82, 2.24) is 0 Å². The normalized spacial score (nSPS) is 42.4. The van der Waals surface area contributed by atoms with Crippen LogP contribution in [0, 0.1) is 40.4 Å². The van der Waals surface area contributed by atoms with Crippen molar-refractivity contribution in [2.45, 2.75) is 78.6 Å². The summed E-state index contributed by atoms with van der Waals surface area (Å²) in [4.78, 5) is 37.3. The number of ketones is 2. The van der Waals surface area contributed by atoms with E-state index in [0.29, 0.717) is 60.4 Å². The van der Waals surface area contributed by atoms with E-state index in [1.165, 1.54) is 12.7 Å². The molecule has 7 atom stereocenters. The highest BCUT2D eigenvalue weighted by atomic mass is 16.5. The van der Waals surface area contributed by atoms with Crippen LogP contribution in [0.4, 0.5) is 0 Å². The van der Waals surface area contributed by atoms with Crippen LogP contribution in [0.25, 0.3) is 0 Å². The average Bonchev–Trinajstić information content (AvgIpc) is 3.06. The topological polar surface area (TPSA) is 60.4 Å². The molecule has 0 aromatic heterocycles. The Morgan fingerprint density at radius 3 is 2.69 bits per heavy atom. The standard InChI is InChI=1S/C25H36O4/c1-15(5-10-23(28)29-4)19-8-9-20-18-7-6-16-13-17(26)11-12-24(16,2)21(18)14-22(27)25(19,20)3/h14-16,18-20H,5-13H2,1-4H3/t15-,16?,18+,19-,20+,24+,25-/m1/s1. The molecule has 29 heavy (non-hydrogen) atoms. The molecule has 0 amide bonds. The largest absolute Gasteiger partial charge is 0.469 e. The van der Waals surface area contributed by atoms with Crippen LogP contribution in [-0.2, 0) is 19.1 Å². The van der Waals surface area contributed by atoms with E-state index in [-0.39, 0.29) is 16.8 Å². The Hall–Kier alpha value is -1.45. The highest BCUT2D eigenvalue weighted by Gasteiger charge is 2.61. The lowest BCUT2D eigenvalue weighted by atomic mass is 9.48. The molecular weight excluding hydrogens is 364 g/mol. The van der Waals surface area contributed by atoms with Crippen LogP contribution in [0.15, 0.2) is 11.6 Å². The molecule has 4 aliphatic rings. The number of esters is 1. The third kappa shape index (κ3) is 3.13. The molecule has 0 aromatic carbocycles. The van der Waals surface area contributed by atoms with Gasteiger partial charge in [-0.3, -0.25) is 14.4 Å². The van der Waals surface area contributed by atoms with Gasteiger partial charge in [0.25, 0.3) is 0 Å². The number of methoxy groups -OCH3 is 1. The Morgan fingerprint density at radius 1 is 1.21 bits per heavy atom. The molecule has 4 nitrogen and oxygen atoms in total. The van der Waals surface area contributed by atoms with Gasteiger partial charge in [-0.15, -0.1) is 0 Å². The molecule has 3 fully saturated rings. The molecule has 0 spiro atoms. The molecule has 0 radical (unpaired) electrons. The Morgan fingerprint density at radius 2 is 1.97 bits per heavy atom. The number of carbonyl (C=O) groups is 3. The van der Waals surface area contributed by atoms with E-state index in [0.717, 1.165) is 38.5 Å². The first-order valence-electron chi connectivity index (χ1n) is 11.6. The number of rotatable bonds is 4. The lowest BCUT2D eigenvalue weighted by Crippen LogP contribution is -2.51. The van der Waals surface area contributed by atoms with E-state index in [1.807, 2.05) is 6.08 Å². The van der Waals surface area contributed by atoms with Gasteiger partial charge in [-0.05, 0) is 79.6 Å². The van der Waals surface area contributed by atoms with Crippen LogP contribution in [0.2, 0.25) is 0 Å². The number of fused-ring (bicyclic) bond motifs is 5. The molecule has 3 saturated carbocycles. The SMILES string of the molecule is COC(=O)CC[C@@H](C)[C@H]1CC[C@H]2[C@@H]3CCC4CC(=O)CC[C@]4(C)C3=CC(=O)[C@]12C. The van der Waals surface area contributed by atoms with Crippen LogP contribution in [0.5, 0.6) is 0 Å². The van der Waals surface area contributed by atoms with Gasteiger partial charge in [-0.1, -0.05) is 26.3 Å². The van der Waals surface area contributed by atoms with E-state index in [9.17, 15) is 14.4 Å². The summed E-state index contributed by atoms with van der Waals surface area (Å²) in [5.41, 5.74) is 1.09. The zero-order valence-electron chi connectivity index (χ0n) is 18.5. The lowest BCUT2D eigenvalue weighted by molar-refractivity contribution is -0.141. The smallest absolute Gasteiger partial charge is 0.305 e. The quantitative estimate of drug-likeness (QED) is 0.630. The molecule has 0 saturated heterocycles. The fourth-order valence-electron chi connectivity index (χ4n) is 7.70. The highest BCUT2D eigenvalue weighted by molar-refractivity contribution is 5.97. The van der Waals surface area contributed by atoms with Crippen LogP contribution in [0.3, 0.4) is 0 Å². The summed E-state index contributed by atoms with van der Waals surface area (Å²) in [5.74, 6) is 2.54. The molecule has 0 aromatic rings.